The van der Waals surface area contributed by atoms with Crippen LogP contribution in [-0.2, 0) is 23.8 Å². The van der Waals surface area contributed by atoms with E-state index in [2.05, 4.69) is 0 Å². The number of carbonyl (C=O) groups excluding carboxylic acids is 2. The maximum Gasteiger partial charge on any atom is 0.323 e. The summed E-state index contributed by atoms with van der Waals surface area (Å²) < 4.78 is 15.2. The van der Waals surface area contributed by atoms with Crippen LogP contribution in [0.4, 0.5) is 0 Å². The Labute approximate surface area is 119 Å². The molecule has 0 amide bonds. The molecule has 20 heavy (non-hydrogen) atoms. The van der Waals surface area contributed by atoms with Crippen LogP contribution in [0.25, 0.3) is 0 Å². The van der Waals surface area contributed by atoms with Crippen molar-refractivity contribution in [2.45, 2.75) is 33.1 Å². The second kappa shape index (κ2) is 5.46. The predicted molar refractivity (Wildman–Crippen MR) is 71.6 cm³/mol. The van der Waals surface area contributed by atoms with Crippen LogP contribution in [0, 0.1) is 16.7 Å². The van der Waals surface area contributed by atoms with Gasteiger partial charge in [0.25, 0.3) is 0 Å². The molecule has 0 saturated heterocycles. The molecule has 0 aromatic heterocycles. The highest BCUT2D eigenvalue weighted by Crippen LogP contribution is 2.70. The molecular formula is C15H22O5. The highest BCUT2D eigenvalue weighted by atomic mass is 16.6. The lowest BCUT2D eigenvalue weighted by Gasteiger charge is -2.26. The minimum absolute atomic E-state index is 0.102. The number of hydrogen-bond donors (Lipinski definition) is 0. The second-order valence-electron chi connectivity index (χ2n) is 5.58. The van der Waals surface area contributed by atoms with Gasteiger partial charge >= 0.3 is 11.9 Å². The van der Waals surface area contributed by atoms with E-state index in [0.717, 1.165) is 6.42 Å². The van der Waals surface area contributed by atoms with Crippen LogP contribution >= 0.6 is 0 Å². The number of fused-ring (bicyclic) bond motifs is 1. The summed E-state index contributed by atoms with van der Waals surface area (Å²) in [5.74, 6) is -0.561. The van der Waals surface area contributed by atoms with Crippen molar-refractivity contribution in [3.8, 4) is 0 Å². The third kappa shape index (κ3) is 2.30. The fourth-order valence-corrected chi connectivity index (χ4v) is 3.35. The largest absolute Gasteiger partial charge is 0.505 e. The van der Waals surface area contributed by atoms with Crippen molar-refractivity contribution in [1.82, 2.24) is 0 Å². The van der Waals surface area contributed by atoms with E-state index in [0.29, 0.717) is 18.8 Å². The van der Waals surface area contributed by atoms with E-state index in [1.54, 1.807) is 27.2 Å². The van der Waals surface area contributed by atoms with Crippen molar-refractivity contribution in [3.05, 3.63) is 12.3 Å². The van der Waals surface area contributed by atoms with Gasteiger partial charge in [-0.3, -0.25) is 9.59 Å². The van der Waals surface area contributed by atoms with Gasteiger partial charge in [-0.15, -0.1) is 0 Å². The summed E-state index contributed by atoms with van der Waals surface area (Å²) in [6, 6.07) is 0. The maximum atomic E-state index is 12.3. The number of rotatable bonds is 6. The zero-order valence-corrected chi connectivity index (χ0v) is 12.3. The highest BCUT2D eigenvalue weighted by Gasteiger charge is 2.70. The number of allylic oxidation sites excluding steroid dienone is 1. The summed E-state index contributed by atoms with van der Waals surface area (Å²) in [6.07, 6.45) is 5.57. The Balaban J connectivity index is 2.21. The van der Waals surface area contributed by atoms with Gasteiger partial charge in [0.15, 0.2) is 5.41 Å². The average Bonchev–Trinajstić information content (AvgIpc) is 2.99. The van der Waals surface area contributed by atoms with Crippen molar-refractivity contribution < 1.29 is 23.8 Å². The molecule has 2 aliphatic carbocycles. The van der Waals surface area contributed by atoms with E-state index in [4.69, 9.17) is 14.2 Å². The summed E-state index contributed by atoms with van der Waals surface area (Å²) in [5, 5.41) is 0. The summed E-state index contributed by atoms with van der Waals surface area (Å²) in [4.78, 5) is 24.6. The van der Waals surface area contributed by atoms with Gasteiger partial charge in [-0.05, 0) is 50.5 Å². The lowest BCUT2D eigenvalue weighted by molar-refractivity contribution is -0.172. The molecule has 0 N–H and O–H groups in total. The minimum atomic E-state index is -1.13. The minimum Gasteiger partial charge on any atom is -0.505 e. The van der Waals surface area contributed by atoms with Gasteiger partial charge in [0, 0.05) is 0 Å². The summed E-state index contributed by atoms with van der Waals surface area (Å²) in [7, 11) is 1.59. The molecule has 2 atom stereocenters. The fourth-order valence-electron chi connectivity index (χ4n) is 3.35. The predicted octanol–water partition coefficient (Wildman–Crippen LogP) is 2.06. The van der Waals surface area contributed by atoms with Gasteiger partial charge in [-0.25, -0.2) is 0 Å². The van der Waals surface area contributed by atoms with Crippen LogP contribution in [0.5, 0.6) is 0 Å². The zero-order valence-electron chi connectivity index (χ0n) is 12.3. The van der Waals surface area contributed by atoms with Crippen LogP contribution in [0.2, 0.25) is 0 Å². The Bertz CT molecular complexity index is 410. The van der Waals surface area contributed by atoms with Crippen molar-refractivity contribution in [2.24, 2.45) is 16.7 Å². The van der Waals surface area contributed by atoms with E-state index in [1.807, 2.05) is 6.08 Å². The first-order valence-electron chi connectivity index (χ1n) is 7.09. The Morgan fingerprint density at radius 1 is 1.15 bits per heavy atom. The lowest BCUT2D eigenvalue weighted by Crippen LogP contribution is -2.41. The maximum absolute atomic E-state index is 12.3. The monoisotopic (exact) mass is 282 g/mol. The second-order valence-corrected chi connectivity index (χ2v) is 5.58. The number of ether oxygens (including phenoxy) is 3. The summed E-state index contributed by atoms with van der Waals surface area (Å²) in [6.45, 7) is 4.02. The normalized spacial score (nSPS) is 29.9. The molecule has 0 aromatic rings. The molecule has 2 saturated carbocycles. The molecule has 2 rings (SSSR count). The smallest absolute Gasteiger partial charge is 0.323 e. The van der Waals surface area contributed by atoms with Gasteiger partial charge in [-0.1, -0.05) is 0 Å². The van der Waals surface area contributed by atoms with Crippen LogP contribution in [0.1, 0.15) is 33.1 Å². The van der Waals surface area contributed by atoms with E-state index in [9.17, 15) is 9.59 Å². The number of methoxy groups -OCH3 is 1. The molecule has 0 aromatic carbocycles. The Morgan fingerprint density at radius 2 is 1.75 bits per heavy atom. The van der Waals surface area contributed by atoms with Gasteiger partial charge < -0.3 is 14.2 Å². The van der Waals surface area contributed by atoms with Gasteiger partial charge in [-0.2, -0.15) is 0 Å². The van der Waals surface area contributed by atoms with Crippen LogP contribution in [0.3, 0.4) is 0 Å². The van der Waals surface area contributed by atoms with E-state index in [1.165, 1.54) is 0 Å². The van der Waals surface area contributed by atoms with Crippen LogP contribution in [-0.4, -0.2) is 32.3 Å². The molecule has 0 unspecified atom stereocenters. The van der Waals surface area contributed by atoms with Crippen LogP contribution in [0.15, 0.2) is 12.3 Å². The number of carbonyl (C=O) groups is 2. The van der Waals surface area contributed by atoms with Gasteiger partial charge in [0.1, 0.15) is 0 Å². The fraction of sp³-hybridized carbons (Fsp3) is 0.733. The van der Waals surface area contributed by atoms with E-state index in [-0.39, 0.29) is 18.6 Å². The van der Waals surface area contributed by atoms with Crippen molar-refractivity contribution in [2.75, 3.05) is 20.3 Å². The molecular weight excluding hydrogens is 260 g/mol. The molecule has 2 aliphatic rings. The van der Waals surface area contributed by atoms with Crippen molar-refractivity contribution in [1.29, 1.82) is 0 Å². The molecule has 0 heterocycles. The van der Waals surface area contributed by atoms with Gasteiger partial charge in [0.2, 0.25) is 0 Å². The molecule has 0 bridgehead atoms. The zero-order chi connectivity index (χ0) is 14.8. The SMILES string of the molecule is CCOC(=O)C1(C(=O)OCC)C[C@@H]2C[C@]2(/C=C/OC)C1. The molecule has 5 nitrogen and oxygen atoms in total. The lowest BCUT2D eigenvalue weighted by atomic mass is 9.80. The van der Waals surface area contributed by atoms with Crippen molar-refractivity contribution >= 4 is 11.9 Å². The molecule has 2 fully saturated rings. The summed E-state index contributed by atoms with van der Waals surface area (Å²) >= 11 is 0. The average molecular weight is 282 g/mol. The first-order chi connectivity index (χ1) is 9.54. The summed E-state index contributed by atoms with van der Waals surface area (Å²) in [5.41, 5.74) is -1.23. The molecule has 5 heteroatoms. The van der Waals surface area contributed by atoms with Crippen LogP contribution < -0.4 is 0 Å². The van der Waals surface area contributed by atoms with E-state index < -0.39 is 17.4 Å². The first kappa shape index (κ1) is 14.9. The number of esters is 2. The Hall–Kier alpha value is -1.52. The first-order valence-corrected chi connectivity index (χ1v) is 7.09. The Kier molecular flexibility index (Phi) is 4.06. The quantitative estimate of drug-likeness (QED) is 0.424. The topological polar surface area (TPSA) is 61.8 Å². The van der Waals surface area contributed by atoms with Gasteiger partial charge in [0.05, 0.1) is 26.6 Å². The standard InChI is InChI=1S/C15H22O5/c1-4-19-12(16)15(13(17)20-5-2)9-11-8-14(11,10-15)6-7-18-3/h6-7,11H,4-5,8-10H2,1-3H3/b7-6+/t11-,14+/m0/s1. The van der Waals surface area contributed by atoms with E-state index >= 15 is 0 Å². The third-order valence-corrected chi connectivity index (χ3v) is 4.37. The Morgan fingerprint density at radius 3 is 2.25 bits per heavy atom. The number of hydrogen-bond acceptors (Lipinski definition) is 5. The van der Waals surface area contributed by atoms with Crippen molar-refractivity contribution in [3.63, 3.8) is 0 Å². The third-order valence-electron chi connectivity index (χ3n) is 4.37. The molecule has 112 valence electrons. The molecule has 0 radical (unpaired) electrons. The molecule has 0 spiro atoms. The molecule has 0 aliphatic heterocycles. The highest BCUT2D eigenvalue weighted by molar-refractivity contribution is 6.01.